The maximum absolute atomic E-state index is 13.6. The Labute approximate surface area is 164 Å². The van der Waals surface area contributed by atoms with Crippen LogP contribution in [0.2, 0.25) is 0 Å². The summed E-state index contributed by atoms with van der Waals surface area (Å²) in [6.45, 7) is 0.133. The zero-order chi connectivity index (χ0) is 20.1. The molecule has 2 aromatic rings. The molecule has 2 aromatic carbocycles. The number of rotatable bonds is 8. The van der Waals surface area contributed by atoms with Gasteiger partial charge in [0.25, 0.3) is 0 Å². The van der Waals surface area contributed by atoms with Crippen LogP contribution in [0.1, 0.15) is 36.0 Å². The number of aliphatic hydroxyl groups is 1. The molecule has 1 aliphatic carbocycles. The van der Waals surface area contributed by atoms with Crippen LogP contribution in [0.5, 0.6) is 11.5 Å². The van der Waals surface area contributed by atoms with E-state index in [1.54, 1.807) is 38.5 Å². The Morgan fingerprint density at radius 1 is 1.21 bits per heavy atom. The number of benzene rings is 2. The molecule has 0 heterocycles. The molecule has 2 N–H and O–H groups in total. The van der Waals surface area contributed by atoms with Crippen LogP contribution in [0.4, 0.5) is 4.39 Å². The number of nitrogens with one attached hydrogen (secondary N) is 1. The first-order valence-corrected chi connectivity index (χ1v) is 9.44. The fourth-order valence-electron chi connectivity index (χ4n) is 3.69. The first-order valence-electron chi connectivity index (χ1n) is 9.44. The van der Waals surface area contributed by atoms with Crippen LogP contribution >= 0.6 is 0 Å². The van der Waals surface area contributed by atoms with E-state index >= 15 is 0 Å². The molecule has 150 valence electrons. The Morgan fingerprint density at radius 3 is 2.64 bits per heavy atom. The summed E-state index contributed by atoms with van der Waals surface area (Å²) in [5, 5.41) is 13.9. The minimum Gasteiger partial charge on any atom is -0.493 e. The molecule has 1 aliphatic rings. The smallest absolute Gasteiger partial charge is 0.220 e. The van der Waals surface area contributed by atoms with Gasteiger partial charge in [0.15, 0.2) is 11.5 Å². The number of fused-ring (bicyclic) bond motifs is 1. The largest absolute Gasteiger partial charge is 0.493 e. The predicted octanol–water partition coefficient (Wildman–Crippen LogP) is 3.12. The lowest BCUT2D eigenvalue weighted by atomic mass is 9.95. The first kappa shape index (κ1) is 20.1. The highest BCUT2D eigenvalue weighted by Gasteiger charge is 2.38. The number of halogens is 1. The molecule has 3 rings (SSSR count). The van der Waals surface area contributed by atoms with Gasteiger partial charge in [0.2, 0.25) is 5.91 Å². The van der Waals surface area contributed by atoms with Crippen LogP contribution in [-0.2, 0) is 23.2 Å². The third-order valence-electron chi connectivity index (χ3n) is 5.30. The monoisotopic (exact) mass is 387 g/mol. The molecule has 0 aromatic heterocycles. The summed E-state index contributed by atoms with van der Waals surface area (Å²) in [4.78, 5) is 12.2. The van der Waals surface area contributed by atoms with Crippen molar-refractivity contribution in [3.05, 3.63) is 58.9 Å². The summed E-state index contributed by atoms with van der Waals surface area (Å²) < 4.78 is 24.3. The van der Waals surface area contributed by atoms with Crippen LogP contribution in [0.3, 0.4) is 0 Å². The Balaban J connectivity index is 1.56. The Kier molecular flexibility index (Phi) is 6.19. The van der Waals surface area contributed by atoms with Crippen molar-refractivity contribution in [1.29, 1.82) is 0 Å². The minimum atomic E-state index is -1.13. The van der Waals surface area contributed by atoms with Gasteiger partial charge >= 0.3 is 0 Å². The molecule has 0 bridgehead atoms. The molecule has 0 aliphatic heterocycles. The van der Waals surface area contributed by atoms with Crippen LogP contribution in [0.25, 0.3) is 0 Å². The molecule has 0 saturated heterocycles. The average Bonchev–Trinajstić information content (AvgIpc) is 3.03. The van der Waals surface area contributed by atoms with Gasteiger partial charge in [0, 0.05) is 6.42 Å². The van der Waals surface area contributed by atoms with Gasteiger partial charge < -0.3 is 19.9 Å². The fraction of sp³-hybridized carbons (Fsp3) is 0.409. The van der Waals surface area contributed by atoms with Crippen molar-refractivity contribution in [2.75, 3.05) is 20.8 Å². The van der Waals surface area contributed by atoms with Crippen LogP contribution < -0.4 is 14.8 Å². The molecule has 0 fully saturated rings. The van der Waals surface area contributed by atoms with Crippen molar-refractivity contribution in [1.82, 2.24) is 5.32 Å². The second-order valence-corrected chi connectivity index (χ2v) is 7.12. The van der Waals surface area contributed by atoms with E-state index in [0.29, 0.717) is 42.7 Å². The average molecular weight is 387 g/mol. The topological polar surface area (TPSA) is 67.8 Å². The molecule has 1 amide bonds. The Morgan fingerprint density at radius 2 is 1.93 bits per heavy atom. The number of carbonyl (C=O) groups is 1. The van der Waals surface area contributed by atoms with E-state index in [9.17, 15) is 14.3 Å². The van der Waals surface area contributed by atoms with Crippen molar-refractivity contribution in [2.45, 2.75) is 37.7 Å². The van der Waals surface area contributed by atoms with Gasteiger partial charge in [0.05, 0.1) is 20.8 Å². The second-order valence-electron chi connectivity index (χ2n) is 7.12. The van der Waals surface area contributed by atoms with Gasteiger partial charge in [-0.25, -0.2) is 4.39 Å². The van der Waals surface area contributed by atoms with E-state index in [1.807, 2.05) is 6.07 Å². The quantitative estimate of drug-likeness (QED) is 0.730. The number of methoxy groups -OCH3 is 2. The summed E-state index contributed by atoms with van der Waals surface area (Å²) >= 11 is 0. The number of ether oxygens (including phenoxy) is 2. The zero-order valence-corrected chi connectivity index (χ0v) is 16.3. The molecule has 1 unspecified atom stereocenters. The van der Waals surface area contributed by atoms with Gasteiger partial charge in [-0.1, -0.05) is 18.2 Å². The van der Waals surface area contributed by atoms with Crippen molar-refractivity contribution in [2.24, 2.45) is 0 Å². The highest BCUT2D eigenvalue weighted by molar-refractivity contribution is 5.76. The van der Waals surface area contributed by atoms with Gasteiger partial charge in [0.1, 0.15) is 11.4 Å². The zero-order valence-electron chi connectivity index (χ0n) is 16.3. The lowest BCUT2D eigenvalue weighted by Crippen LogP contribution is -2.39. The van der Waals surface area contributed by atoms with Crippen molar-refractivity contribution >= 4 is 5.91 Å². The van der Waals surface area contributed by atoms with E-state index in [4.69, 9.17) is 9.47 Å². The molecule has 0 radical (unpaired) electrons. The predicted molar refractivity (Wildman–Crippen MR) is 104 cm³/mol. The van der Waals surface area contributed by atoms with Crippen LogP contribution in [0.15, 0.2) is 36.4 Å². The lowest BCUT2D eigenvalue weighted by Gasteiger charge is -2.25. The third-order valence-corrected chi connectivity index (χ3v) is 5.30. The molecule has 5 nitrogen and oxygen atoms in total. The fourth-order valence-corrected chi connectivity index (χ4v) is 3.69. The highest BCUT2D eigenvalue weighted by atomic mass is 19.1. The van der Waals surface area contributed by atoms with Crippen LogP contribution in [-0.4, -0.2) is 31.8 Å². The van der Waals surface area contributed by atoms with Gasteiger partial charge in [-0.3, -0.25) is 4.79 Å². The molecule has 28 heavy (non-hydrogen) atoms. The van der Waals surface area contributed by atoms with E-state index in [-0.39, 0.29) is 24.7 Å². The van der Waals surface area contributed by atoms with E-state index in [0.717, 1.165) is 11.1 Å². The number of hydrogen-bond acceptors (Lipinski definition) is 4. The number of aryl methyl sites for hydroxylation is 2. The van der Waals surface area contributed by atoms with Gasteiger partial charge in [-0.05, 0) is 60.6 Å². The summed E-state index contributed by atoms with van der Waals surface area (Å²) in [5.41, 5.74) is 1.24. The van der Waals surface area contributed by atoms with E-state index < -0.39 is 5.60 Å². The maximum Gasteiger partial charge on any atom is 0.220 e. The third kappa shape index (κ3) is 4.28. The Bertz CT molecular complexity index is 854. The molecule has 0 saturated carbocycles. The lowest BCUT2D eigenvalue weighted by molar-refractivity contribution is -0.122. The number of hydrogen-bond donors (Lipinski definition) is 2. The Hall–Kier alpha value is -2.60. The molecule has 0 spiro atoms. The standard InChI is InChI=1S/C22H26FNO4/c1-27-19-12-16-10-11-22(26,17(16)13-20(19)28-2)14-24-21(25)9-5-7-15-6-3-4-8-18(15)23/h3-4,6,8,12-13,26H,5,7,9-11,14H2,1-2H3,(H,24,25). The SMILES string of the molecule is COc1cc2c(cc1OC)C(O)(CNC(=O)CCCc1ccccc1F)CC2. The summed E-state index contributed by atoms with van der Waals surface area (Å²) in [6, 6.07) is 10.2. The second kappa shape index (κ2) is 8.61. The molecular formula is C22H26FNO4. The molecule has 6 heteroatoms. The van der Waals surface area contributed by atoms with Crippen molar-refractivity contribution in [3.63, 3.8) is 0 Å². The number of carbonyl (C=O) groups excluding carboxylic acids is 1. The summed E-state index contributed by atoms with van der Waals surface area (Å²) in [6.07, 6.45) is 2.56. The van der Waals surface area contributed by atoms with Crippen molar-refractivity contribution < 1.29 is 23.8 Å². The van der Waals surface area contributed by atoms with Crippen LogP contribution in [0, 0.1) is 5.82 Å². The van der Waals surface area contributed by atoms with E-state index in [2.05, 4.69) is 5.32 Å². The summed E-state index contributed by atoms with van der Waals surface area (Å²) in [7, 11) is 3.13. The first-order chi connectivity index (χ1) is 13.5. The normalized spacial score (nSPS) is 17.9. The van der Waals surface area contributed by atoms with Crippen molar-refractivity contribution in [3.8, 4) is 11.5 Å². The minimum absolute atomic E-state index is 0.133. The van der Waals surface area contributed by atoms with E-state index in [1.165, 1.54) is 6.07 Å². The molecule has 1 atom stereocenters. The highest BCUT2D eigenvalue weighted by Crippen LogP contribution is 2.42. The van der Waals surface area contributed by atoms with Gasteiger partial charge in [-0.15, -0.1) is 0 Å². The number of amides is 1. The summed E-state index contributed by atoms with van der Waals surface area (Å²) in [5.74, 6) is 0.781. The van der Waals surface area contributed by atoms with Gasteiger partial charge in [-0.2, -0.15) is 0 Å². The maximum atomic E-state index is 13.6. The molecular weight excluding hydrogens is 361 g/mol.